The largest absolute Gasteiger partial charge is 0.508 e. The van der Waals surface area contributed by atoms with Crippen LogP contribution in [0, 0.1) is 5.41 Å². The van der Waals surface area contributed by atoms with Gasteiger partial charge in [0.2, 0.25) is 0 Å². The van der Waals surface area contributed by atoms with E-state index >= 15 is 0 Å². The highest BCUT2D eigenvalue weighted by Gasteiger charge is 2.53. The number of aromatic hydroxyl groups is 1. The van der Waals surface area contributed by atoms with Crippen LogP contribution in [0.15, 0.2) is 90.3 Å². The number of nitrogens with zero attached hydrogens (tertiary/aromatic N) is 1. The molecule has 3 aliphatic carbocycles. The Morgan fingerprint density at radius 1 is 0.944 bits per heavy atom. The maximum Gasteiger partial charge on any atom is 0.146 e. The molecule has 0 radical (unpaired) electrons. The normalized spacial score (nSPS) is 21.8. The van der Waals surface area contributed by atoms with Gasteiger partial charge in [-0.15, -0.1) is 11.3 Å². The van der Waals surface area contributed by atoms with Crippen LogP contribution < -0.4 is 0 Å². The molecule has 36 heavy (non-hydrogen) atoms. The number of hydrogen-bond donors (Lipinski definition) is 1. The van der Waals surface area contributed by atoms with Crippen molar-refractivity contribution >= 4 is 27.9 Å². The molecule has 0 aliphatic heterocycles. The second-order valence-corrected chi connectivity index (χ2v) is 11.2. The van der Waals surface area contributed by atoms with Crippen molar-refractivity contribution in [3.63, 3.8) is 0 Å². The standard InChI is InChI=1S/C32H25NO2S/c1-32(17-27-22-8-2-4-10-25(22)31(32)26-11-5-3-9-23(26)27)29(35)16-30-33-28(18-36-30)24-12-6-7-19-15-20(34)13-14-21(19)24/h2-15,18,27,31,34H,16-17H2,1H3. The van der Waals surface area contributed by atoms with Gasteiger partial charge in [-0.1, -0.05) is 79.7 Å². The lowest BCUT2D eigenvalue weighted by Gasteiger charge is -2.51. The number of ketones is 1. The lowest BCUT2D eigenvalue weighted by Crippen LogP contribution is -2.45. The van der Waals surface area contributed by atoms with Gasteiger partial charge in [0, 0.05) is 28.2 Å². The molecule has 0 amide bonds. The molecule has 1 heterocycles. The summed E-state index contributed by atoms with van der Waals surface area (Å²) < 4.78 is 0. The number of phenolic OH excluding ortho intramolecular Hbond substituents is 1. The number of phenols is 1. The summed E-state index contributed by atoms with van der Waals surface area (Å²) in [5, 5.41) is 14.8. The van der Waals surface area contributed by atoms with E-state index in [1.807, 2.05) is 23.6 Å². The van der Waals surface area contributed by atoms with E-state index in [1.54, 1.807) is 23.5 Å². The van der Waals surface area contributed by atoms with Crippen molar-refractivity contribution in [2.45, 2.75) is 31.6 Å². The second-order valence-electron chi connectivity index (χ2n) is 10.3. The number of Topliss-reactive ketones (excluding diaryl/α,β-unsaturated/α-hetero) is 1. The topological polar surface area (TPSA) is 50.2 Å². The first-order valence-electron chi connectivity index (χ1n) is 12.4. The molecule has 176 valence electrons. The summed E-state index contributed by atoms with van der Waals surface area (Å²) in [7, 11) is 0. The third kappa shape index (κ3) is 3.11. The van der Waals surface area contributed by atoms with Crippen molar-refractivity contribution in [1.82, 2.24) is 4.98 Å². The number of rotatable bonds is 4. The van der Waals surface area contributed by atoms with Gasteiger partial charge in [-0.05, 0) is 51.6 Å². The van der Waals surface area contributed by atoms with Crippen LogP contribution in [-0.2, 0) is 11.2 Å². The molecular formula is C32H25NO2S. The van der Waals surface area contributed by atoms with Gasteiger partial charge in [-0.25, -0.2) is 4.98 Å². The lowest BCUT2D eigenvalue weighted by molar-refractivity contribution is -0.129. The number of hydrogen-bond acceptors (Lipinski definition) is 4. The van der Waals surface area contributed by atoms with E-state index in [4.69, 9.17) is 4.98 Å². The minimum atomic E-state index is -0.462. The van der Waals surface area contributed by atoms with Crippen LogP contribution in [0.5, 0.6) is 5.75 Å². The fourth-order valence-corrected chi connectivity index (χ4v) is 7.38. The number of thiazole rings is 1. The van der Waals surface area contributed by atoms with E-state index < -0.39 is 5.41 Å². The van der Waals surface area contributed by atoms with Gasteiger partial charge in [0.1, 0.15) is 16.5 Å². The van der Waals surface area contributed by atoms with Gasteiger partial charge in [-0.3, -0.25) is 4.79 Å². The average molecular weight is 488 g/mol. The number of carbonyl (C=O) groups excluding carboxylic acids is 1. The first-order chi connectivity index (χ1) is 17.5. The Kier molecular flexibility index (Phi) is 4.71. The van der Waals surface area contributed by atoms with Crippen molar-refractivity contribution in [3.8, 4) is 17.0 Å². The van der Waals surface area contributed by atoms with Gasteiger partial charge in [0.05, 0.1) is 12.1 Å². The zero-order chi connectivity index (χ0) is 24.4. The molecule has 1 aromatic heterocycles. The molecule has 0 saturated heterocycles. The van der Waals surface area contributed by atoms with Crippen LogP contribution in [0.2, 0.25) is 0 Å². The Bertz CT molecular complexity index is 1620. The summed E-state index contributed by atoms with van der Waals surface area (Å²) >= 11 is 1.56. The first kappa shape index (κ1) is 21.5. The van der Waals surface area contributed by atoms with Crippen LogP contribution in [0.3, 0.4) is 0 Å². The Morgan fingerprint density at radius 3 is 2.36 bits per heavy atom. The molecule has 0 fully saturated rings. The van der Waals surface area contributed by atoms with E-state index in [0.29, 0.717) is 6.42 Å². The van der Waals surface area contributed by atoms with E-state index in [1.165, 1.54) is 22.3 Å². The van der Waals surface area contributed by atoms with Gasteiger partial charge in [-0.2, -0.15) is 0 Å². The number of benzene rings is 4. The number of fused-ring (bicyclic) bond motifs is 2. The fraction of sp³-hybridized carbons (Fsp3) is 0.188. The summed E-state index contributed by atoms with van der Waals surface area (Å²) in [5.41, 5.74) is 6.81. The Morgan fingerprint density at radius 2 is 1.64 bits per heavy atom. The minimum absolute atomic E-state index is 0.0765. The van der Waals surface area contributed by atoms with Crippen LogP contribution in [-0.4, -0.2) is 15.9 Å². The van der Waals surface area contributed by atoms with Gasteiger partial charge >= 0.3 is 0 Å². The molecule has 3 aliphatic rings. The molecule has 4 heteroatoms. The predicted octanol–water partition coefficient (Wildman–Crippen LogP) is 7.47. The molecule has 2 bridgehead atoms. The Hall–Kier alpha value is -3.76. The molecule has 0 saturated carbocycles. The lowest BCUT2D eigenvalue weighted by atomic mass is 9.51. The maximum absolute atomic E-state index is 14.0. The highest BCUT2D eigenvalue weighted by Crippen LogP contribution is 2.61. The van der Waals surface area contributed by atoms with Crippen molar-refractivity contribution in [1.29, 1.82) is 0 Å². The molecule has 1 N–H and O–H groups in total. The first-order valence-corrected chi connectivity index (χ1v) is 13.3. The smallest absolute Gasteiger partial charge is 0.146 e. The second kappa shape index (κ2) is 7.87. The van der Waals surface area contributed by atoms with Crippen molar-refractivity contribution < 1.29 is 9.90 Å². The molecule has 3 nitrogen and oxygen atoms in total. The molecule has 1 atom stereocenters. The highest BCUT2D eigenvalue weighted by molar-refractivity contribution is 7.10. The van der Waals surface area contributed by atoms with E-state index in [9.17, 15) is 9.90 Å². The monoisotopic (exact) mass is 487 g/mol. The highest BCUT2D eigenvalue weighted by atomic mass is 32.1. The molecule has 5 aromatic rings. The van der Waals surface area contributed by atoms with Crippen LogP contribution in [0.1, 0.15) is 52.4 Å². The minimum Gasteiger partial charge on any atom is -0.508 e. The SMILES string of the molecule is CC1(C(=O)Cc2nc(-c3cccc4cc(O)ccc34)cs2)CC2c3ccccc3C1c1ccccc12. The van der Waals surface area contributed by atoms with Crippen molar-refractivity contribution in [2.24, 2.45) is 5.41 Å². The van der Waals surface area contributed by atoms with Gasteiger partial charge in [0.25, 0.3) is 0 Å². The summed E-state index contributed by atoms with van der Waals surface area (Å²) in [6, 6.07) is 28.8. The van der Waals surface area contributed by atoms with Crippen LogP contribution in [0.25, 0.3) is 22.0 Å². The molecule has 8 rings (SSSR count). The third-order valence-corrected chi connectivity index (χ3v) is 9.12. The maximum atomic E-state index is 14.0. The van der Waals surface area contributed by atoms with Crippen LogP contribution in [0.4, 0.5) is 0 Å². The fourth-order valence-electron chi connectivity index (χ4n) is 6.59. The zero-order valence-electron chi connectivity index (χ0n) is 19.9. The average Bonchev–Trinajstić information content (AvgIpc) is 3.36. The molecule has 1 unspecified atom stereocenters. The molecular weight excluding hydrogens is 462 g/mol. The Balaban J connectivity index is 1.23. The Labute approximate surface area is 214 Å². The van der Waals surface area contributed by atoms with Gasteiger partial charge < -0.3 is 5.11 Å². The summed E-state index contributed by atoms with van der Waals surface area (Å²) in [6.45, 7) is 2.17. The van der Waals surface area contributed by atoms with Crippen LogP contribution >= 0.6 is 11.3 Å². The quantitative estimate of drug-likeness (QED) is 0.286. The van der Waals surface area contributed by atoms with E-state index in [0.717, 1.165) is 33.5 Å². The predicted molar refractivity (Wildman–Crippen MR) is 145 cm³/mol. The third-order valence-electron chi connectivity index (χ3n) is 8.27. The summed E-state index contributed by atoms with van der Waals surface area (Å²) in [4.78, 5) is 18.9. The van der Waals surface area contributed by atoms with Crippen molar-refractivity contribution in [3.05, 3.63) is 118 Å². The zero-order valence-corrected chi connectivity index (χ0v) is 20.8. The van der Waals surface area contributed by atoms with E-state index in [-0.39, 0.29) is 23.4 Å². The van der Waals surface area contributed by atoms with Gasteiger partial charge in [0.15, 0.2) is 0 Å². The number of aromatic nitrogens is 1. The number of carbonyl (C=O) groups is 1. The summed E-state index contributed by atoms with van der Waals surface area (Å²) in [5.74, 6) is 0.857. The molecule has 4 aromatic carbocycles. The van der Waals surface area contributed by atoms with E-state index in [2.05, 4.69) is 61.5 Å². The van der Waals surface area contributed by atoms with Crippen molar-refractivity contribution in [2.75, 3.05) is 0 Å². The summed E-state index contributed by atoms with van der Waals surface area (Å²) in [6.07, 6.45) is 1.19. The molecule has 0 spiro atoms.